The first-order valence-electron chi connectivity index (χ1n) is 10.9. The van der Waals surface area contributed by atoms with Crippen LogP contribution in [-0.4, -0.2) is 17.1 Å². The normalized spacial score (nSPS) is 11.3. The zero-order valence-corrected chi connectivity index (χ0v) is 19.0. The Morgan fingerprint density at radius 3 is 2.59 bits per heavy atom. The highest BCUT2D eigenvalue weighted by Gasteiger charge is 2.27. The summed E-state index contributed by atoms with van der Waals surface area (Å²) in [4.78, 5) is 8.14. The van der Waals surface area contributed by atoms with Crippen LogP contribution in [0.25, 0.3) is 10.9 Å². The van der Waals surface area contributed by atoms with Gasteiger partial charge in [-0.3, -0.25) is 0 Å². The highest BCUT2D eigenvalue weighted by Crippen LogP contribution is 2.28. The van der Waals surface area contributed by atoms with E-state index in [4.69, 9.17) is 14.5 Å². The Labute approximate surface area is 188 Å². The van der Waals surface area contributed by atoms with Crippen LogP contribution >= 0.6 is 0 Å². The van der Waals surface area contributed by atoms with E-state index in [1.54, 1.807) is 0 Å². The zero-order chi connectivity index (χ0) is 22.7. The molecule has 0 radical (unpaired) electrons. The minimum Gasteiger partial charge on any atom is -0.616 e. The number of benzene rings is 2. The molecule has 0 aliphatic carbocycles. The molecule has 0 unspecified atom stereocenters. The molecule has 6 nitrogen and oxygen atoms in total. The maximum atomic E-state index is 13.3. The number of aryl methyl sites for hydroxylation is 1. The number of hydrogen-bond donors (Lipinski definition) is 1. The van der Waals surface area contributed by atoms with Crippen molar-refractivity contribution in [1.29, 1.82) is 0 Å². The van der Waals surface area contributed by atoms with Crippen LogP contribution in [0.2, 0.25) is 0 Å². The summed E-state index contributed by atoms with van der Waals surface area (Å²) in [6.07, 6.45) is 2.97. The molecule has 0 fully saturated rings. The number of aromatic nitrogens is 3. The molecule has 32 heavy (non-hydrogen) atoms. The van der Waals surface area contributed by atoms with Crippen molar-refractivity contribution in [3.05, 3.63) is 88.0 Å². The Hall–Kier alpha value is -3.54. The summed E-state index contributed by atoms with van der Waals surface area (Å²) in [5.41, 5.74) is 5.39. The molecule has 0 atom stereocenters. The second kappa shape index (κ2) is 9.30. The van der Waals surface area contributed by atoms with E-state index in [1.165, 1.54) is 12.7 Å². The van der Waals surface area contributed by atoms with Crippen molar-refractivity contribution in [2.45, 2.75) is 40.2 Å². The molecule has 1 N–H and O–H groups in total. The molecular formula is C26H29N3O3. The van der Waals surface area contributed by atoms with Gasteiger partial charge in [0.15, 0.2) is 5.69 Å². The molecule has 0 bridgehead atoms. The smallest absolute Gasteiger partial charge is 0.402 e. The fraction of sp³-hybridized carbons (Fsp3) is 0.308. The highest BCUT2D eigenvalue weighted by atomic mass is 16.5. The van der Waals surface area contributed by atoms with Crippen molar-refractivity contribution in [1.82, 2.24) is 9.97 Å². The van der Waals surface area contributed by atoms with Gasteiger partial charge in [-0.1, -0.05) is 62.4 Å². The number of ether oxygens (including phenoxy) is 2. The van der Waals surface area contributed by atoms with Crippen molar-refractivity contribution in [3.8, 4) is 11.8 Å². The van der Waals surface area contributed by atoms with Crippen LogP contribution in [0, 0.1) is 18.0 Å². The van der Waals surface area contributed by atoms with E-state index in [9.17, 15) is 5.21 Å². The largest absolute Gasteiger partial charge is 0.616 e. The number of rotatable bonds is 8. The average molecular weight is 432 g/mol. The van der Waals surface area contributed by atoms with E-state index in [2.05, 4.69) is 37.9 Å². The lowest BCUT2D eigenvalue weighted by Crippen LogP contribution is -2.37. The lowest BCUT2D eigenvalue weighted by Gasteiger charge is -2.16. The second-order valence-electron chi connectivity index (χ2n) is 8.47. The molecule has 0 spiro atoms. The molecule has 2 aromatic heterocycles. The fourth-order valence-electron chi connectivity index (χ4n) is 3.97. The monoisotopic (exact) mass is 431 g/mol. The summed E-state index contributed by atoms with van der Waals surface area (Å²) < 4.78 is 12.4. The highest BCUT2D eigenvalue weighted by molar-refractivity contribution is 5.86. The van der Waals surface area contributed by atoms with Crippen LogP contribution < -0.4 is 14.2 Å². The van der Waals surface area contributed by atoms with Crippen LogP contribution in [0.3, 0.4) is 0 Å². The van der Waals surface area contributed by atoms with Gasteiger partial charge in [-0.05, 0) is 29.5 Å². The summed E-state index contributed by atoms with van der Waals surface area (Å²) in [5.74, 6) is 0.849. The van der Waals surface area contributed by atoms with E-state index in [0.29, 0.717) is 36.7 Å². The number of fused-ring (bicyclic) bond motifs is 1. The number of nitrogens with one attached hydrogen (secondary N) is 1. The maximum Gasteiger partial charge on any atom is 0.402 e. The van der Waals surface area contributed by atoms with E-state index in [-0.39, 0.29) is 11.8 Å². The van der Waals surface area contributed by atoms with E-state index < -0.39 is 0 Å². The van der Waals surface area contributed by atoms with Crippen LogP contribution in [0.4, 0.5) is 0 Å². The van der Waals surface area contributed by atoms with Gasteiger partial charge >= 0.3 is 5.88 Å². The molecule has 0 aliphatic heterocycles. The first-order valence-corrected chi connectivity index (χ1v) is 10.9. The number of methoxy groups -OCH3 is 1. The molecule has 2 aromatic carbocycles. The van der Waals surface area contributed by atoms with Gasteiger partial charge in [-0.2, -0.15) is 0 Å². The summed E-state index contributed by atoms with van der Waals surface area (Å²) >= 11 is 0. The number of nitrogens with zero attached hydrogens (tertiary/aromatic N) is 2. The van der Waals surface area contributed by atoms with Gasteiger partial charge < -0.3 is 19.7 Å². The molecule has 2 heterocycles. The van der Waals surface area contributed by atoms with Crippen molar-refractivity contribution in [2.24, 2.45) is 5.92 Å². The second-order valence-corrected chi connectivity index (χ2v) is 8.47. The summed E-state index contributed by atoms with van der Waals surface area (Å²) in [7, 11) is 1.51. The lowest BCUT2D eigenvalue weighted by atomic mass is 10.1. The molecule has 0 saturated heterocycles. The van der Waals surface area contributed by atoms with Crippen molar-refractivity contribution < 1.29 is 14.2 Å². The van der Waals surface area contributed by atoms with Gasteiger partial charge in [-0.25, -0.2) is 4.98 Å². The Bertz CT molecular complexity index is 1220. The number of hydrogen-bond acceptors (Lipinski definition) is 4. The molecule has 4 rings (SSSR count). The maximum absolute atomic E-state index is 13.3. The van der Waals surface area contributed by atoms with Crippen molar-refractivity contribution in [3.63, 3.8) is 0 Å². The SMILES string of the molecule is COc1c(Cc2c[nH]c3c(C)cccc23)nc(OCc2ccccc2)c(CC(C)C)[n+]1[O-]. The van der Waals surface area contributed by atoms with Gasteiger partial charge in [0.25, 0.3) is 11.6 Å². The molecule has 166 valence electrons. The summed E-state index contributed by atoms with van der Waals surface area (Å²) in [6.45, 7) is 6.55. The van der Waals surface area contributed by atoms with E-state index in [0.717, 1.165) is 26.8 Å². The summed E-state index contributed by atoms with van der Waals surface area (Å²) in [6, 6.07) is 16.1. The zero-order valence-electron chi connectivity index (χ0n) is 19.0. The third-order valence-corrected chi connectivity index (χ3v) is 5.54. The van der Waals surface area contributed by atoms with Crippen molar-refractivity contribution in [2.75, 3.05) is 7.11 Å². The van der Waals surface area contributed by atoms with Crippen LogP contribution in [0.5, 0.6) is 11.8 Å². The van der Waals surface area contributed by atoms with E-state index in [1.807, 2.05) is 42.6 Å². The summed E-state index contributed by atoms with van der Waals surface area (Å²) in [5, 5.41) is 14.4. The predicted molar refractivity (Wildman–Crippen MR) is 125 cm³/mol. The van der Waals surface area contributed by atoms with Crippen LogP contribution in [0.15, 0.2) is 54.7 Å². The van der Waals surface area contributed by atoms with Gasteiger partial charge in [0.1, 0.15) is 6.61 Å². The Morgan fingerprint density at radius 2 is 1.88 bits per heavy atom. The molecule has 0 amide bonds. The third kappa shape index (κ3) is 4.40. The van der Waals surface area contributed by atoms with Crippen LogP contribution in [0.1, 0.15) is 41.9 Å². The standard InChI is InChI=1S/C26H29N3O3/c1-17(2)13-23-25(32-16-19-10-6-5-7-11-19)28-22(26(31-4)29(23)30)14-20-15-27-24-18(3)9-8-12-21(20)24/h5-12,15,17,27H,13-14,16H2,1-4H3. The molecule has 0 saturated carbocycles. The van der Waals surface area contributed by atoms with Crippen molar-refractivity contribution >= 4 is 10.9 Å². The van der Waals surface area contributed by atoms with Gasteiger partial charge in [0.2, 0.25) is 0 Å². The van der Waals surface area contributed by atoms with Gasteiger partial charge in [-0.15, -0.1) is 4.73 Å². The fourth-order valence-corrected chi connectivity index (χ4v) is 3.97. The topological polar surface area (TPSA) is 74.1 Å². The Balaban J connectivity index is 1.75. The number of H-pyrrole nitrogens is 1. The Morgan fingerprint density at radius 1 is 1.09 bits per heavy atom. The van der Waals surface area contributed by atoms with Gasteiger partial charge in [0.05, 0.1) is 7.11 Å². The third-order valence-electron chi connectivity index (χ3n) is 5.54. The van der Waals surface area contributed by atoms with Gasteiger partial charge in [0, 0.05) is 29.9 Å². The van der Waals surface area contributed by atoms with Crippen LogP contribution in [-0.2, 0) is 19.4 Å². The lowest BCUT2D eigenvalue weighted by molar-refractivity contribution is -0.622. The molecule has 6 heteroatoms. The first kappa shape index (κ1) is 21.7. The molecule has 4 aromatic rings. The van der Waals surface area contributed by atoms with E-state index >= 15 is 0 Å². The minimum atomic E-state index is 0.217. The average Bonchev–Trinajstić information content (AvgIpc) is 3.19. The quantitative estimate of drug-likeness (QED) is 0.319. The predicted octanol–water partition coefficient (Wildman–Crippen LogP) is 4.88. The minimum absolute atomic E-state index is 0.217. The number of aromatic amines is 1. The number of para-hydroxylation sites is 1. The molecular weight excluding hydrogens is 402 g/mol. The Kier molecular flexibility index (Phi) is 6.30. The first-order chi connectivity index (χ1) is 15.5. The molecule has 0 aliphatic rings.